The molecule has 0 saturated carbocycles. The summed E-state index contributed by atoms with van der Waals surface area (Å²) in [4.78, 5) is 53.0. The number of thiazole rings is 1. The summed E-state index contributed by atoms with van der Waals surface area (Å²) < 4.78 is 2.19. The van der Waals surface area contributed by atoms with Crippen molar-refractivity contribution in [2.45, 2.75) is 51.2 Å². The number of carbonyl (C=O) groups is 2. The maximum Gasteiger partial charge on any atom is 0.323 e. The van der Waals surface area contributed by atoms with Crippen molar-refractivity contribution in [1.82, 2.24) is 9.47 Å². The van der Waals surface area contributed by atoms with Gasteiger partial charge in [0.15, 0.2) is 0 Å². The maximum absolute atomic E-state index is 13.3. The van der Waals surface area contributed by atoms with E-state index in [1.54, 1.807) is 17.8 Å². The minimum atomic E-state index is -1.16. The quantitative estimate of drug-likeness (QED) is 0.245. The number of hydrogen-bond donors (Lipinski definition) is 1. The van der Waals surface area contributed by atoms with E-state index in [-0.39, 0.29) is 16.9 Å². The fourth-order valence-corrected chi connectivity index (χ4v) is 7.82. The van der Waals surface area contributed by atoms with E-state index in [9.17, 15) is 19.5 Å². The summed E-state index contributed by atoms with van der Waals surface area (Å²) in [5.41, 5.74) is 1.59. The van der Waals surface area contributed by atoms with Gasteiger partial charge in [0, 0.05) is 18.0 Å². The molecule has 0 radical (unpaired) electrons. The number of thioether (sulfide) groups is 2. The number of nitrogens with zero attached hydrogens (tertiary/aromatic N) is 3. The van der Waals surface area contributed by atoms with Crippen molar-refractivity contribution >= 4 is 79.9 Å². The van der Waals surface area contributed by atoms with Gasteiger partial charge >= 0.3 is 5.97 Å². The van der Waals surface area contributed by atoms with Crippen molar-refractivity contribution in [2.75, 3.05) is 25.1 Å². The third-order valence-electron chi connectivity index (χ3n) is 6.14. The van der Waals surface area contributed by atoms with Crippen LogP contribution in [0.5, 0.6) is 0 Å². The van der Waals surface area contributed by atoms with Crippen LogP contribution in [0.2, 0.25) is 0 Å². The van der Waals surface area contributed by atoms with Gasteiger partial charge in [0.2, 0.25) is 0 Å². The zero-order valence-electron chi connectivity index (χ0n) is 22.0. The molecule has 1 amide bonds. The second-order valence-corrected chi connectivity index (χ2v) is 12.5. The highest BCUT2D eigenvalue weighted by Crippen LogP contribution is 2.47. The highest BCUT2D eigenvalue weighted by Gasteiger charge is 2.33. The van der Waals surface area contributed by atoms with E-state index in [2.05, 4.69) is 24.0 Å². The Hall–Kier alpha value is -2.42. The number of fused-ring (bicyclic) bond motifs is 1. The lowest BCUT2D eigenvalue weighted by Gasteiger charge is -2.21. The minimum Gasteiger partial charge on any atom is -0.480 e. The molecule has 2 aliphatic rings. The minimum absolute atomic E-state index is 0.236. The van der Waals surface area contributed by atoms with E-state index in [4.69, 9.17) is 22.0 Å². The molecule has 0 aliphatic carbocycles. The molecule has 2 aliphatic heterocycles. The van der Waals surface area contributed by atoms with Crippen molar-refractivity contribution in [1.29, 1.82) is 0 Å². The fraction of sp³-hybridized carbons (Fsp3) is 0.385. The number of thiocarbonyl (C=S) groups is 1. The van der Waals surface area contributed by atoms with Crippen LogP contribution in [0.1, 0.15) is 45.3 Å². The van der Waals surface area contributed by atoms with Gasteiger partial charge in [-0.2, -0.15) is 0 Å². The molecule has 4 rings (SSSR count). The number of rotatable bonds is 10. The third kappa shape index (κ3) is 6.18. The van der Waals surface area contributed by atoms with Gasteiger partial charge in [-0.05, 0) is 50.1 Å². The lowest BCUT2D eigenvalue weighted by molar-refractivity contribution is -0.303. The lowest BCUT2D eigenvalue weighted by Crippen LogP contribution is -2.35. The maximum atomic E-state index is 13.3. The largest absolute Gasteiger partial charge is 0.480 e. The standard InChI is InChI=1S/C26H29N3O6S4/c1-5-7-12-28-17-13-16(15(3)35-34-4)8-9-18(17)37-20(28)11-10-19-23(32)29(14-21(30)31)25(38-19)22-24(33)27(6-2)26(36)39-22/h8-11,13,15H,5-7,12,14H2,1-4H3,(H,30,31)/b19-10+,20-11-,25-22-. The van der Waals surface area contributed by atoms with Gasteiger partial charge in [0.1, 0.15) is 26.5 Å². The van der Waals surface area contributed by atoms with Crippen LogP contribution in [0.3, 0.4) is 0 Å². The van der Waals surface area contributed by atoms with E-state index < -0.39 is 18.1 Å². The highest BCUT2D eigenvalue weighted by atomic mass is 32.2. The highest BCUT2D eigenvalue weighted by molar-refractivity contribution is 8.30. The van der Waals surface area contributed by atoms with E-state index >= 15 is 0 Å². The Balaban J connectivity index is 1.79. The van der Waals surface area contributed by atoms with E-state index in [0.717, 1.165) is 68.2 Å². The molecule has 9 nitrogen and oxygen atoms in total. The smallest absolute Gasteiger partial charge is 0.323 e. The fourth-order valence-electron chi connectivity index (χ4n) is 4.17. The van der Waals surface area contributed by atoms with Gasteiger partial charge in [-0.1, -0.05) is 55.2 Å². The van der Waals surface area contributed by atoms with Crippen molar-refractivity contribution < 1.29 is 24.5 Å². The van der Waals surface area contributed by atoms with Gasteiger partial charge in [0.25, 0.3) is 11.5 Å². The van der Waals surface area contributed by atoms with Gasteiger partial charge in [0.05, 0.1) is 22.4 Å². The molecule has 39 heavy (non-hydrogen) atoms. The summed E-state index contributed by atoms with van der Waals surface area (Å²) >= 11 is 9.12. The second-order valence-electron chi connectivity index (χ2n) is 8.71. The van der Waals surface area contributed by atoms with Crippen LogP contribution in [0.15, 0.2) is 39.0 Å². The number of carboxylic acids is 1. The van der Waals surface area contributed by atoms with Crippen molar-refractivity contribution in [3.8, 4) is 0 Å². The average molecular weight is 608 g/mol. The number of allylic oxidation sites excluding steroid dienone is 1. The lowest BCUT2D eigenvalue weighted by atomic mass is 10.1. The Labute approximate surface area is 243 Å². The molecule has 1 unspecified atom stereocenters. The second kappa shape index (κ2) is 12.8. The average Bonchev–Trinajstić information content (AvgIpc) is 3.51. The Morgan fingerprint density at radius 3 is 2.59 bits per heavy atom. The van der Waals surface area contributed by atoms with Gasteiger partial charge in [-0.25, -0.2) is 9.78 Å². The first-order chi connectivity index (χ1) is 18.7. The molecule has 208 valence electrons. The van der Waals surface area contributed by atoms with Crippen LogP contribution >= 0.6 is 47.1 Å². The van der Waals surface area contributed by atoms with Gasteiger partial charge < -0.3 is 10.0 Å². The third-order valence-corrected chi connectivity index (χ3v) is 9.98. The molecule has 0 bridgehead atoms. The normalized spacial score (nSPS) is 19.0. The Morgan fingerprint density at radius 1 is 1.18 bits per heavy atom. The zero-order chi connectivity index (χ0) is 28.3. The molecule has 0 spiro atoms. The molecule has 1 fully saturated rings. The van der Waals surface area contributed by atoms with E-state index in [1.807, 2.05) is 26.0 Å². The van der Waals surface area contributed by atoms with Gasteiger partial charge in [-0.3, -0.25) is 23.9 Å². The molecule has 1 aromatic carbocycles. The number of aromatic nitrogens is 1. The number of aliphatic carboxylic acids is 1. The Morgan fingerprint density at radius 2 is 1.95 bits per heavy atom. The molecule has 1 atom stereocenters. The van der Waals surface area contributed by atoms with Crippen LogP contribution in [0.25, 0.3) is 11.0 Å². The van der Waals surface area contributed by atoms with Crippen molar-refractivity contribution in [3.63, 3.8) is 0 Å². The number of carboxylic acid groups (broad SMARTS) is 1. The SMILES string of the molecule is CCCCN1/C(=C/C=c2/s/c(=C3\SC(=S)N(CC)C3=O)n(CC(=O)O)c2=O)Sc2ccc(C(C)OOC)cc21. The Bertz CT molecular complexity index is 1510. The molecule has 3 heterocycles. The summed E-state index contributed by atoms with van der Waals surface area (Å²) in [6.45, 7) is 6.52. The molecular weight excluding hydrogens is 579 g/mol. The molecule has 13 heteroatoms. The van der Waals surface area contributed by atoms with Crippen molar-refractivity contribution in [3.05, 3.63) is 54.4 Å². The first kappa shape index (κ1) is 29.6. The number of benzene rings is 1. The molecule has 1 saturated heterocycles. The summed E-state index contributed by atoms with van der Waals surface area (Å²) in [6.07, 6.45) is 5.35. The van der Waals surface area contributed by atoms with Crippen LogP contribution < -0.4 is 19.7 Å². The topological polar surface area (TPSA) is 101 Å². The van der Waals surface area contributed by atoms with E-state index in [1.165, 1.54) is 12.0 Å². The molecule has 1 aromatic heterocycles. The summed E-state index contributed by atoms with van der Waals surface area (Å²) in [6, 6.07) is 6.15. The van der Waals surface area contributed by atoms with Crippen molar-refractivity contribution in [2.24, 2.45) is 0 Å². The van der Waals surface area contributed by atoms with Crippen LogP contribution in [0, 0.1) is 0 Å². The van der Waals surface area contributed by atoms with Crippen LogP contribution in [-0.4, -0.2) is 51.0 Å². The molecular formula is C26H29N3O6S4. The monoisotopic (exact) mass is 607 g/mol. The first-order valence-electron chi connectivity index (χ1n) is 12.4. The van der Waals surface area contributed by atoms with Crippen LogP contribution in [-0.2, 0) is 25.9 Å². The number of hydrogen-bond acceptors (Lipinski definition) is 10. The number of carbonyl (C=O) groups excluding carboxylic acids is 1. The Kier molecular flexibility index (Phi) is 9.73. The summed E-state index contributed by atoms with van der Waals surface area (Å²) in [7, 11) is 1.48. The number of amides is 1. The number of unbranched alkanes of at least 4 members (excludes halogenated alkanes) is 1. The molecule has 2 aromatic rings. The predicted octanol–water partition coefficient (Wildman–Crippen LogP) is 3.66. The predicted molar refractivity (Wildman–Crippen MR) is 160 cm³/mol. The van der Waals surface area contributed by atoms with Crippen LogP contribution in [0.4, 0.5) is 5.69 Å². The van der Waals surface area contributed by atoms with E-state index in [0.29, 0.717) is 20.1 Å². The summed E-state index contributed by atoms with van der Waals surface area (Å²) in [5, 5.41) is 10.4. The zero-order valence-corrected chi connectivity index (χ0v) is 25.2. The number of anilines is 1. The summed E-state index contributed by atoms with van der Waals surface area (Å²) in [5.74, 6) is -1.48. The molecule has 1 N–H and O–H groups in total. The van der Waals surface area contributed by atoms with Gasteiger partial charge in [-0.15, -0.1) is 11.3 Å². The first-order valence-corrected chi connectivity index (χ1v) is 15.3.